The van der Waals surface area contributed by atoms with Gasteiger partial charge in [-0.3, -0.25) is 4.79 Å². The van der Waals surface area contributed by atoms with Crippen molar-refractivity contribution in [3.05, 3.63) is 23.8 Å². The Morgan fingerprint density at radius 1 is 1.41 bits per heavy atom. The second-order valence-electron chi connectivity index (χ2n) is 4.50. The van der Waals surface area contributed by atoms with E-state index in [4.69, 9.17) is 5.73 Å². The predicted octanol–water partition coefficient (Wildman–Crippen LogP) is 1.36. The molecule has 0 spiro atoms. The van der Waals surface area contributed by atoms with E-state index in [1.807, 2.05) is 18.0 Å². The third kappa shape index (κ3) is 2.77. The molecule has 17 heavy (non-hydrogen) atoms. The van der Waals surface area contributed by atoms with Crippen molar-refractivity contribution < 1.29 is 4.79 Å². The number of benzene rings is 1. The Hall–Kier alpha value is -1.55. The number of rotatable bonds is 4. The molecule has 1 aliphatic rings. The molecule has 0 bridgehead atoms. The fraction of sp³-hybridized carbons (Fsp3) is 0.462. The first-order chi connectivity index (χ1) is 8.20. The van der Waals surface area contributed by atoms with E-state index in [2.05, 4.69) is 17.4 Å². The number of unbranched alkanes of at least 4 members (excludes halogenated alkanes) is 1. The van der Waals surface area contributed by atoms with Gasteiger partial charge in [-0.1, -0.05) is 6.07 Å². The van der Waals surface area contributed by atoms with Crippen molar-refractivity contribution in [3.8, 4) is 0 Å². The number of carbonyl (C=O) groups is 1. The molecule has 0 atom stereocenters. The molecule has 0 saturated heterocycles. The van der Waals surface area contributed by atoms with Gasteiger partial charge in [-0.05, 0) is 43.5 Å². The van der Waals surface area contributed by atoms with Gasteiger partial charge >= 0.3 is 0 Å². The van der Waals surface area contributed by atoms with Crippen LogP contribution in [0, 0.1) is 0 Å². The molecular formula is C13H19N3O. The number of hydrogen-bond donors (Lipinski definition) is 2. The average molecular weight is 233 g/mol. The minimum Gasteiger partial charge on any atom is -0.364 e. The maximum Gasteiger partial charge on any atom is 0.243 e. The molecular weight excluding hydrogens is 214 g/mol. The number of hydrogen-bond acceptors (Lipinski definition) is 3. The van der Waals surface area contributed by atoms with Crippen LogP contribution in [0.2, 0.25) is 0 Å². The summed E-state index contributed by atoms with van der Waals surface area (Å²) < 4.78 is 0. The van der Waals surface area contributed by atoms with Crippen LogP contribution >= 0.6 is 0 Å². The number of carbonyl (C=O) groups excluding carboxylic acids is 1. The van der Waals surface area contributed by atoms with Crippen molar-refractivity contribution in [3.63, 3.8) is 0 Å². The Labute approximate surface area is 102 Å². The van der Waals surface area contributed by atoms with Crippen LogP contribution in [0.3, 0.4) is 0 Å². The number of anilines is 2. The van der Waals surface area contributed by atoms with Crippen molar-refractivity contribution in [2.75, 3.05) is 30.4 Å². The molecule has 0 saturated carbocycles. The van der Waals surface area contributed by atoms with Crippen LogP contribution < -0.4 is 16.0 Å². The topological polar surface area (TPSA) is 58.4 Å². The monoisotopic (exact) mass is 233 g/mol. The standard InChI is InChI=1S/C13H19N3O/c1-16-9-13(17)15-11-6-5-10(8-12(11)16)4-2-3-7-14/h5-6,8H,2-4,7,9,14H2,1H3,(H,15,17). The van der Waals surface area contributed by atoms with Crippen molar-refractivity contribution in [1.29, 1.82) is 0 Å². The molecule has 0 radical (unpaired) electrons. The predicted molar refractivity (Wildman–Crippen MR) is 70.3 cm³/mol. The molecule has 1 aliphatic heterocycles. The molecule has 1 aromatic rings. The van der Waals surface area contributed by atoms with Gasteiger partial charge in [-0.15, -0.1) is 0 Å². The summed E-state index contributed by atoms with van der Waals surface area (Å²) in [7, 11) is 1.95. The van der Waals surface area contributed by atoms with Crippen molar-refractivity contribution >= 4 is 17.3 Å². The summed E-state index contributed by atoms with van der Waals surface area (Å²) >= 11 is 0. The van der Waals surface area contributed by atoms with Crippen LogP contribution in [0.1, 0.15) is 18.4 Å². The number of fused-ring (bicyclic) bond motifs is 1. The summed E-state index contributed by atoms with van der Waals surface area (Å²) in [5, 5.41) is 2.88. The Balaban J connectivity index is 2.13. The summed E-state index contributed by atoms with van der Waals surface area (Å²) in [6.45, 7) is 1.18. The van der Waals surface area contributed by atoms with Gasteiger partial charge in [0.15, 0.2) is 0 Å². The summed E-state index contributed by atoms with van der Waals surface area (Å²) in [5.74, 6) is 0.0517. The number of aryl methyl sites for hydroxylation is 1. The van der Waals surface area contributed by atoms with Crippen LogP contribution in [0.4, 0.5) is 11.4 Å². The van der Waals surface area contributed by atoms with Crippen LogP contribution in [0.25, 0.3) is 0 Å². The zero-order valence-electron chi connectivity index (χ0n) is 10.2. The SMILES string of the molecule is CN1CC(=O)Nc2ccc(CCCCN)cc21. The summed E-state index contributed by atoms with van der Waals surface area (Å²) in [6, 6.07) is 6.22. The molecule has 3 N–H and O–H groups in total. The fourth-order valence-electron chi connectivity index (χ4n) is 2.12. The van der Waals surface area contributed by atoms with Crippen molar-refractivity contribution in [2.24, 2.45) is 5.73 Å². The maximum absolute atomic E-state index is 11.4. The average Bonchev–Trinajstić information content (AvgIpc) is 2.30. The van der Waals surface area contributed by atoms with E-state index in [1.54, 1.807) is 0 Å². The van der Waals surface area contributed by atoms with Gasteiger partial charge in [0, 0.05) is 7.05 Å². The van der Waals surface area contributed by atoms with Crippen LogP contribution in [-0.2, 0) is 11.2 Å². The third-order valence-corrected chi connectivity index (χ3v) is 3.05. The lowest BCUT2D eigenvalue weighted by atomic mass is 10.1. The number of nitrogens with zero attached hydrogens (tertiary/aromatic N) is 1. The second kappa shape index (κ2) is 5.19. The van der Waals surface area contributed by atoms with Gasteiger partial charge in [0.05, 0.1) is 17.9 Å². The Kier molecular flexibility index (Phi) is 3.64. The van der Waals surface area contributed by atoms with E-state index in [0.717, 1.165) is 37.2 Å². The maximum atomic E-state index is 11.4. The smallest absolute Gasteiger partial charge is 0.243 e. The first-order valence-electron chi connectivity index (χ1n) is 6.04. The number of amides is 1. The van der Waals surface area contributed by atoms with Crippen molar-refractivity contribution in [2.45, 2.75) is 19.3 Å². The lowest BCUT2D eigenvalue weighted by Gasteiger charge is -2.27. The normalized spacial score (nSPS) is 14.5. The van der Waals surface area contributed by atoms with Crippen molar-refractivity contribution in [1.82, 2.24) is 0 Å². The third-order valence-electron chi connectivity index (χ3n) is 3.05. The number of nitrogens with one attached hydrogen (secondary N) is 1. The van der Waals surface area contributed by atoms with Gasteiger partial charge in [0.1, 0.15) is 0 Å². The minimum atomic E-state index is 0.0517. The van der Waals surface area contributed by atoms with E-state index in [1.165, 1.54) is 5.56 Å². The highest BCUT2D eigenvalue weighted by Crippen LogP contribution is 2.29. The summed E-state index contributed by atoms with van der Waals surface area (Å²) in [6.07, 6.45) is 3.22. The van der Waals surface area contributed by atoms with E-state index < -0.39 is 0 Å². The number of nitrogens with two attached hydrogens (primary N) is 1. The Morgan fingerprint density at radius 2 is 2.24 bits per heavy atom. The molecule has 92 valence electrons. The van der Waals surface area contributed by atoms with Crippen LogP contribution in [0.15, 0.2) is 18.2 Å². The highest BCUT2D eigenvalue weighted by atomic mass is 16.2. The molecule has 4 nitrogen and oxygen atoms in total. The highest BCUT2D eigenvalue weighted by molar-refractivity contribution is 6.01. The second-order valence-corrected chi connectivity index (χ2v) is 4.50. The van der Waals surface area contributed by atoms with Crippen LogP contribution in [0.5, 0.6) is 0 Å². The fourth-order valence-corrected chi connectivity index (χ4v) is 2.12. The van der Waals surface area contributed by atoms with E-state index in [9.17, 15) is 4.79 Å². The molecule has 1 heterocycles. The van der Waals surface area contributed by atoms with Gasteiger partial charge in [0.25, 0.3) is 0 Å². The zero-order valence-corrected chi connectivity index (χ0v) is 10.2. The molecule has 2 rings (SSSR count). The number of likely N-dealkylation sites (N-methyl/N-ethyl adjacent to an activating group) is 1. The van der Waals surface area contributed by atoms with E-state index >= 15 is 0 Å². The lowest BCUT2D eigenvalue weighted by molar-refractivity contribution is -0.115. The largest absolute Gasteiger partial charge is 0.364 e. The first-order valence-corrected chi connectivity index (χ1v) is 6.04. The van der Waals surface area contributed by atoms with E-state index in [-0.39, 0.29) is 5.91 Å². The molecule has 4 heteroatoms. The van der Waals surface area contributed by atoms with Gasteiger partial charge in [-0.25, -0.2) is 0 Å². The molecule has 0 aromatic heterocycles. The molecule has 0 unspecified atom stereocenters. The van der Waals surface area contributed by atoms with Gasteiger partial charge in [-0.2, -0.15) is 0 Å². The van der Waals surface area contributed by atoms with Gasteiger partial charge in [0.2, 0.25) is 5.91 Å². The highest BCUT2D eigenvalue weighted by Gasteiger charge is 2.18. The minimum absolute atomic E-state index is 0.0517. The molecule has 0 fully saturated rings. The summed E-state index contributed by atoms with van der Waals surface area (Å²) in [4.78, 5) is 13.4. The Morgan fingerprint density at radius 3 is 3.00 bits per heavy atom. The van der Waals surface area contributed by atoms with Crippen LogP contribution in [-0.4, -0.2) is 26.0 Å². The summed E-state index contributed by atoms with van der Waals surface area (Å²) in [5.41, 5.74) is 8.81. The molecule has 1 amide bonds. The van der Waals surface area contributed by atoms with E-state index in [0.29, 0.717) is 6.54 Å². The lowest BCUT2D eigenvalue weighted by Crippen LogP contribution is -2.35. The molecule has 0 aliphatic carbocycles. The zero-order chi connectivity index (χ0) is 12.3. The molecule has 1 aromatic carbocycles. The Bertz CT molecular complexity index is 417. The van der Waals surface area contributed by atoms with Gasteiger partial charge < -0.3 is 16.0 Å². The quantitative estimate of drug-likeness (QED) is 0.772. The first kappa shape index (κ1) is 11.9.